The van der Waals surface area contributed by atoms with E-state index in [0.29, 0.717) is 27.9 Å². The van der Waals surface area contributed by atoms with Crippen molar-refractivity contribution < 1.29 is 22.7 Å². The first-order valence-electron chi connectivity index (χ1n) is 13.9. The quantitative estimate of drug-likeness (QED) is 0.189. The van der Waals surface area contributed by atoms with Gasteiger partial charge in [-0.2, -0.15) is 0 Å². The number of hydrogen-bond donors (Lipinski definition) is 1. The minimum atomic E-state index is -4.26. The molecule has 0 unspecified atom stereocenters. The predicted molar refractivity (Wildman–Crippen MR) is 173 cm³/mol. The maximum atomic E-state index is 14.2. The number of amides is 2. The SMILES string of the molecule is CCCCNC(=O)[C@H](CC)N(Cc1c(Cl)cccc1Cl)C(=O)CN(c1ccc(OC)c(Cl)c1)S(=O)(=O)c1ccc(C)cc1. The topological polar surface area (TPSA) is 96.0 Å². The molecule has 12 heteroatoms. The summed E-state index contributed by atoms with van der Waals surface area (Å²) in [7, 11) is -2.82. The summed E-state index contributed by atoms with van der Waals surface area (Å²) in [5.41, 5.74) is 1.46. The Morgan fingerprint density at radius 2 is 1.60 bits per heavy atom. The van der Waals surface area contributed by atoms with Gasteiger partial charge in [0.05, 0.1) is 22.7 Å². The van der Waals surface area contributed by atoms with Crippen molar-refractivity contribution in [2.45, 2.75) is 57.5 Å². The lowest BCUT2D eigenvalue weighted by atomic mass is 10.1. The second kappa shape index (κ2) is 15.7. The fraction of sp³-hybridized carbons (Fsp3) is 0.355. The van der Waals surface area contributed by atoms with E-state index in [0.717, 1.165) is 22.7 Å². The third-order valence-corrected chi connectivity index (χ3v) is 9.71. The maximum Gasteiger partial charge on any atom is 0.264 e. The van der Waals surface area contributed by atoms with E-state index in [1.807, 2.05) is 13.8 Å². The second-order valence-corrected chi connectivity index (χ2v) is 13.0. The van der Waals surface area contributed by atoms with E-state index in [2.05, 4.69) is 5.32 Å². The molecule has 0 spiro atoms. The molecular formula is C31H36Cl3N3O5S. The summed E-state index contributed by atoms with van der Waals surface area (Å²) in [5.74, 6) is -0.641. The van der Waals surface area contributed by atoms with E-state index in [1.165, 1.54) is 42.3 Å². The van der Waals surface area contributed by atoms with Crippen molar-refractivity contribution in [3.05, 3.63) is 86.9 Å². The molecule has 0 aliphatic carbocycles. The summed E-state index contributed by atoms with van der Waals surface area (Å²) in [4.78, 5) is 28.9. The van der Waals surface area contributed by atoms with Crippen LogP contribution in [-0.4, -0.2) is 51.4 Å². The summed E-state index contributed by atoms with van der Waals surface area (Å²) < 4.78 is 34.3. The fourth-order valence-corrected chi connectivity index (χ4v) is 6.63. The van der Waals surface area contributed by atoms with E-state index in [1.54, 1.807) is 37.3 Å². The third-order valence-electron chi connectivity index (χ3n) is 6.92. The first kappa shape index (κ1) is 34.5. The number of halogens is 3. The monoisotopic (exact) mass is 667 g/mol. The number of nitrogens with zero attached hydrogens (tertiary/aromatic N) is 2. The Balaban J connectivity index is 2.11. The largest absolute Gasteiger partial charge is 0.495 e. The lowest BCUT2D eigenvalue weighted by Crippen LogP contribution is -2.52. The van der Waals surface area contributed by atoms with E-state index in [-0.39, 0.29) is 34.5 Å². The molecule has 3 aromatic carbocycles. The van der Waals surface area contributed by atoms with Crippen LogP contribution in [0.15, 0.2) is 65.6 Å². The van der Waals surface area contributed by atoms with E-state index < -0.39 is 28.5 Å². The van der Waals surface area contributed by atoms with Gasteiger partial charge in [0.25, 0.3) is 10.0 Å². The summed E-state index contributed by atoms with van der Waals surface area (Å²) in [6.07, 6.45) is 1.92. The number of nitrogens with one attached hydrogen (secondary N) is 1. The number of aryl methyl sites for hydroxylation is 1. The van der Waals surface area contributed by atoms with Gasteiger partial charge in [0.15, 0.2) is 0 Å². The van der Waals surface area contributed by atoms with Crippen LogP contribution in [0, 0.1) is 6.92 Å². The normalized spacial score (nSPS) is 12.0. The predicted octanol–water partition coefficient (Wildman–Crippen LogP) is 6.88. The highest BCUT2D eigenvalue weighted by molar-refractivity contribution is 7.92. The Morgan fingerprint density at radius 1 is 0.953 bits per heavy atom. The van der Waals surface area contributed by atoms with Gasteiger partial charge in [-0.15, -0.1) is 0 Å². The lowest BCUT2D eigenvalue weighted by Gasteiger charge is -2.33. The highest BCUT2D eigenvalue weighted by Crippen LogP contribution is 2.33. The van der Waals surface area contributed by atoms with Crippen LogP contribution in [0.4, 0.5) is 5.69 Å². The van der Waals surface area contributed by atoms with Gasteiger partial charge >= 0.3 is 0 Å². The van der Waals surface area contributed by atoms with Crippen molar-refractivity contribution >= 4 is 62.3 Å². The zero-order valence-electron chi connectivity index (χ0n) is 24.6. The molecule has 2 amide bonds. The van der Waals surface area contributed by atoms with Crippen molar-refractivity contribution in [1.29, 1.82) is 0 Å². The van der Waals surface area contributed by atoms with E-state index >= 15 is 0 Å². The standard InChI is InChI=1S/C31H36Cl3N3O5S/c1-5-7-17-35-31(39)28(6-2)36(19-24-25(32)9-8-10-26(24)33)30(38)20-37(22-13-16-29(42-4)27(34)18-22)43(40,41)23-14-11-21(3)12-15-23/h8-16,18,28H,5-7,17,19-20H2,1-4H3,(H,35,39)/t28-/m0/s1. The molecule has 0 aliphatic rings. The number of hydrogen-bond acceptors (Lipinski definition) is 5. The molecule has 0 saturated carbocycles. The number of carbonyl (C=O) groups excluding carboxylic acids is 2. The summed E-state index contributed by atoms with van der Waals surface area (Å²) in [6, 6.07) is 14.8. The highest BCUT2D eigenvalue weighted by Gasteiger charge is 2.34. The summed E-state index contributed by atoms with van der Waals surface area (Å²) in [6.45, 7) is 5.34. The van der Waals surface area contributed by atoms with Crippen LogP contribution >= 0.6 is 34.8 Å². The van der Waals surface area contributed by atoms with Gasteiger partial charge in [0.1, 0.15) is 18.3 Å². The zero-order valence-corrected chi connectivity index (χ0v) is 27.7. The number of sulfonamides is 1. The molecule has 0 fully saturated rings. The van der Waals surface area contributed by atoms with Crippen molar-refractivity contribution in [1.82, 2.24) is 10.2 Å². The van der Waals surface area contributed by atoms with Crippen LogP contribution in [0.1, 0.15) is 44.2 Å². The molecule has 3 rings (SSSR count). The average molecular weight is 669 g/mol. The average Bonchev–Trinajstić information content (AvgIpc) is 2.97. The van der Waals surface area contributed by atoms with Crippen molar-refractivity contribution in [3.63, 3.8) is 0 Å². The van der Waals surface area contributed by atoms with Crippen LogP contribution < -0.4 is 14.4 Å². The van der Waals surface area contributed by atoms with Gasteiger partial charge in [-0.1, -0.05) is 78.8 Å². The van der Waals surface area contributed by atoms with Crippen molar-refractivity contribution in [2.75, 3.05) is 24.5 Å². The summed E-state index contributed by atoms with van der Waals surface area (Å²) >= 11 is 19.3. The molecule has 43 heavy (non-hydrogen) atoms. The molecule has 0 aliphatic heterocycles. The number of methoxy groups -OCH3 is 1. The Bertz CT molecular complexity index is 1510. The Labute approximate surface area is 268 Å². The van der Waals surface area contributed by atoms with Crippen LogP contribution in [0.2, 0.25) is 15.1 Å². The molecule has 8 nitrogen and oxygen atoms in total. The molecule has 232 valence electrons. The molecule has 3 aromatic rings. The minimum Gasteiger partial charge on any atom is -0.495 e. The Hall–Kier alpha value is -2.98. The molecule has 0 bridgehead atoms. The number of carbonyl (C=O) groups is 2. The molecule has 0 aromatic heterocycles. The van der Waals surface area contributed by atoms with Crippen LogP contribution in [0.5, 0.6) is 5.75 Å². The second-order valence-electron chi connectivity index (χ2n) is 9.93. The van der Waals surface area contributed by atoms with Gasteiger partial charge in [0, 0.05) is 28.7 Å². The fourth-order valence-electron chi connectivity index (χ4n) is 4.46. The molecule has 0 radical (unpaired) electrons. The van der Waals surface area contributed by atoms with Gasteiger partial charge in [-0.25, -0.2) is 8.42 Å². The third kappa shape index (κ3) is 8.56. The number of ether oxygens (including phenoxy) is 1. The zero-order chi connectivity index (χ0) is 31.7. The lowest BCUT2D eigenvalue weighted by molar-refractivity contribution is -0.140. The van der Waals surface area contributed by atoms with Crippen molar-refractivity contribution in [2.24, 2.45) is 0 Å². The number of benzene rings is 3. The smallest absolute Gasteiger partial charge is 0.264 e. The van der Waals surface area contributed by atoms with Crippen molar-refractivity contribution in [3.8, 4) is 5.75 Å². The number of unbranched alkanes of at least 4 members (excludes halogenated alkanes) is 1. The van der Waals surface area contributed by atoms with Crippen LogP contribution in [-0.2, 0) is 26.2 Å². The maximum absolute atomic E-state index is 14.2. The molecular weight excluding hydrogens is 633 g/mol. The number of rotatable bonds is 14. The molecule has 0 saturated heterocycles. The molecule has 1 N–H and O–H groups in total. The summed E-state index contributed by atoms with van der Waals surface area (Å²) in [5, 5.41) is 3.69. The Morgan fingerprint density at radius 3 is 2.16 bits per heavy atom. The van der Waals surface area contributed by atoms with E-state index in [9.17, 15) is 18.0 Å². The molecule has 1 atom stereocenters. The van der Waals surface area contributed by atoms with Crippen LogP contribution in [0.3, 0.4) is 0 Å². The Kier molecular flexibility index (Phi) is 12.6. The highest BCUT2D eigenvalue weighted by atomic mass is 35.5. The first-order valence-corrected chi connectivity index (χ1v) is 16.4. The molecule has 0 heterocycles. The van der Waals surface area contributed by atoms with Gasteiger partial charge < -0.3 is 15.0 Å². The number of anilines is 1. The van der Waals surface area contributed by atoms with Gasteiger partial charge in [-0.3, -0.25) is 13.9 Å². The van der Waals surface area contributed by atoms with Gasteiger partial charge in [0.2, 0.25) is 11.8 Å². The van der Waals surface area contributed by atoms with Gasteiger partial charge in [-0.05, 0) is 62.2 Å². The first-order chi connectivity index (χ1) is 20.4. The minimum absolute atomic E-state index is 0.0112. The van der Waals surface area contributed by atoms with E-state index in [4.69, 9.17) is 39.5 Å². The van der Waals surface area contributed by atoms with Crippen LogP contribution in [0.25, 0.3) is 0 Å².